The minimum atomic E-state index is -0.235. The molecule has 0 saturated heterocycles. The molecule has 0 fully saturated rings. The van der Waals surface area contributed by atoms with Gasteiger partial charge in [0.25, 0.3) is 0 Å². The first-order valence-corrected chi connectivity index (χ1v) is 4.58. The van der Waals surface area contributed by atoms with Crippen molar-refractivity contribution in [2.24, 2.45) is 5.41 Å². The van der Waals surface area contributed by atoms with Crippen molar-refractivity contribution in [2.45, 2.75) is 20.8 Å². The Bertz CT molecular complexity index is 161. The molecule has 0 spiro atoms. The molecule has 0 aliphatic heterocycles. The number of likely N-dealkylation sites (N-methyl/N-ethyl adjacent to an activating group) is 1. The van der Waals surface area contributed by atoms with Crippen LogP contribution in [0.25, 0.3) is 0 Å². The number of hydrogen-bond acceptors (Lipinski definition) is 3. The van der Waals surface area contributed by atoms with Gasteiger partial charge in [-0.05, 0) is 7.05 Å². The second-order valence-corrected chi connectivity index (χ2v) is 4.40. The molecule has 78 valence electrons. The van der Waals surface area contributed by atoms with E-state index in [1.165, 1.54) is 0 Å². The van der Waals surface area contributed by atoms with E-state index in [0.29, 0.717) is 13.2 Å². The molecule has 0 heterocycles. The number of carbonyl (C=O) groups excluding carboxylic acids is 1. The summed E-state index contributed by atoms with van der Waals surface area (Å²) in [5.74, 6) is 0.270. The molecule has 0 saturated carbocycles. The highest BCUT2D eigenvalue weighted by Crippen LogP contribution is 2.14. The lowest BCUT2D eigenvalue weighted by Gasteiger charge is -2.21. The second-order valence-electron chi connectivity index (χ2n) is 4.40. The van der Waals surface area contributed by atoms with Gasteiger partial charge in [0.1, 0.15) is 0 Å². The number of Topliss-reactive ketones (excluding diaryl/α,β-unsaturated/α-hetero) is 1. The van der Waals surface area contributed by atoms with Gasteiger partial charge >= 0.3 is 0 Å². The van der Waals surface area contributed by atoms with E-state index < -0.39 is 0 Å². The maximum Gasteiger partial charge on any atom is 0.152 e. The lowest BCUT2D eigenvalue weighted by Crippen LogP contribution is -2.35. The summed E-state index contributed by atoms with van der Waals surface area (Å²) in [6, 6.07) is 0. The van der Waals surface area contributed by atoms with Crippen LogP contribution in [0.2, 0.25) is 0 Å². The molecule has 0 amide bonds. The van der Waals surface area contributed by atoms with Crippen molar-refractivity contribution in [2.75, 3.05) is 33.9 Å². The Labute approximate surface area is 81.1 Å². The number of methoxy groups -OCH3 is 1. The normalized spacial score (nSPS) is 12.2. The van der Waals surface area contributed by atoms with Crippen molar-refractivity contribution in [3.63, 3.8) is 0 Å². The van der Waals surface area contributed by atoms with Crippen molar-refractivity contribution in [1.82, 2.24) is 4.90 Å². The highest BCUT2D eigenvalue weighted by atomic mass is 16.5. The predicted molar refractivity (Wildman–Crippen MR) is 53.8 cm³/mol. The molecular formula is C10H21NO2. The molecule has 0 aromatic carbocycles. The van der Waals surface area contributed by atoms with E-state index in [1.807, 2.05) is 32.7 Å². The summed E-state index contributed by atoms with van der Waals surface area (Å²) in [6.45, 7) is 7.82. The minimum absolute atomic E-state index is 0.235. The van der Waals surface area contributed by atoms with Crippen LogP contribution in [0.5, 0.6) is 0 Å². The fourth-order valence-electron chi connectivity index (χ4n) is 0.809. The van der Waals surface area contributed by atoms with Crippen LogP contribution in [0.1, 0.15) is 20.8 Å². The molecule has 3 heteroatoms. The molecule has 0 aromatic rings. The summed E-state index contributed by atoms with van der Waals surface area (Å²) in [5, 5.41) is 0. The summed E-state index contributed by atoms with van der Waals surface area (Å²) >= 11 is 0. The average molecular weight is 187 g/mol. The summed E-state index contributed by atoms with van der Waals surface area (Å²) in [6.07, 6.45) is 0. The molecule has 0 aliphatic rings. The third kappa shape index (κ3) is 5.77. The molecule has 0 N–H and O–H groups in total. The zero-order chi connectivity index (χ0) is 10.5. The van der Waals surface area contributed by atoms with Gasteiger partial charge in [-0.2, -0.15) is 0 Å². The van der Waals surface area contributed by atoms with Crippen LogP contribution in [-0.4, -0.2) is 44.5 Å². The number of carbonyl (C=O) groups is 1. The number of ketones is 1. The monoisotopic (exact) mass is 187 g/mol. The molecule has 0 atom stereocenters. The van der Waals surface area contributed by atoms with E-state index in [-0.39, 0.29) is 11.2 Å². The first kappa shape index (κ1) is 12.6. The van der Waals surface area contributed by atoms with Crippen LogP contribution in [-0.2, 0) is 9.53 Å². The highest BCUT2D eigenvalue weighted by Gasteiger charge is 2.21. The molecule has 13 heavy (non-hydrogen) atoms. The van der Waals surface area contributed by atoms with E-state index in [4.69, 9.17) is 4.74 Å². The summed E-state index contributed by atoms with van der Waals surface area (Å²) in [4.78, 5) is 13.5. The smallest absolute Gasteiger partial charge is 0.152 e. The molecular weight excluding hydrogens is 166 g/mol. The number of rotatable bonds is 5. The minimum Gasteiger partial charge on any atom is -0.383 e. The Kier molecular flexibility index (Phi) is 5.18. The van der Waals surface area contributed by atoms with Crippen LogP contribution < -0.4 is 0 Å². The molecule has 0 aromatic heterocycles. The second kappa shape index (κ2) is 5.35. The maximum atomic E-state index is 11.6. The fourth-order valence-corrected chi connectivity index (χ4v) is 0.809. The fraction of sp³-hybridized carbons (Fsp3) is 0.900. The average Bonchev–Trinajstić information content (AvgIpc) is 1.99. The highest BCUT2D eigenvalue weighted by molar-refractivity contribution is 5.85. The van der Waals surface area contributed by atoms with Gasteiger partial charge in [0.05, 0.1) is 13.2 Å². The summed E-state index contributed by atoms with van der Waals surface area (Å²) < 4.78 is 4.93. The molecule has 0 bridgehead atoms. The van der Waals surface area contributed by atoms with E-state index in [9.17, 15) is 4.79 Å². The lowest BCUT2D eigenvalue weighted by molar-refractivity contribution is -0.127. The molecule has 0 unspecified atom stereocenters. The van der Waals surface area contributed by atoms with E-state index in [2.05, 4.69) is 0 Å². The Morgan fingerprint density at radius 3 is 2.31 bits per heavy atom. The first-order chi connectivity index (χ1) is 5.88. The van der Waals surface area contributed by atoms with Gasteiger partial charge in [-0.25, -0.2) is 0 Å². The van der Waals surface area contributed by atoms with Gasteiger partial charge in [-0.15, -0.1) is 0 Å². The van der Waals surface area contributed by atoms with Gasteiger partial charge in [0, 0.05) is 19.1 Å². The van der Waals surface area contributed by atoms with Crippen LogP contribution in [0.3, 0.4) is 0 Å². The molecule has 3 nitrogen and oxygen atoms in total. The quantitative estimate of drug-likeness (QED) is 0.647. The SMILES string of the molecule is COCCN(C)CC(=O)C(C)(C)C. The summed E-state index contributed by atoms with van der Waals surface area (Å²) in [5.41, 5.74) is -0.235. The summed E-state index contributed by atoms with van der Waals surface area (Å²) in [7, 11) is 3.60. The molecule has 0 aliphatic carbocycles. The zero-order valence-corrected chi connectivity index (χ0v) is 9.39. The van der Waals surface area contributed by atoms with E-state index >= 15 is 0 Å². The Morgan fingerprint density at radius 2 is 1.92 bits per heavy atom. The van der Waals surface area contributed by atoms with Gasteiger partial charge in [0.2, 0.25) is 0 Å². The standard InChI is InChI=1S/C10H21NO2/c1-10(2,3)9(12)8-11(4)6-7-13-5/h6-8H2,1-5H3. The van der Waals surface area contributed by atoms with Gasteiger partial charge in [-0.3, -0.25) is 9.69 Å². The topological polar surface area (TPSA) is 29.5 Å². The maximum absolute atomic E-state index is 11.6. The van der Waals surface area contributed by atoms with Crippen molar-refractivity contribution >= 4 is 5.78 Å². The molecule has 0 rings (SSSR count). The van der Waals surface area contributed by atoms with Crippen LogP contribution in [0.4, 0.5) is 0 Å². The van der Waals surface area contributed by atoms with Crippen LogP contribution in [0.15, 0.2) is 0 Å². The van der Waals surface area contributed by atoms with Gasteiger partial charge in [0.15, 0.2) is 5.78 Å². The van der Waals surface area contributed by atoms with Gasteiger partial charge < -0.3 is 4.74 Å². The van der Waals surface area contributed by atoms with Crippen LogP contribution in [0, 0.1) is 5.41 Å². The predicted octanol–water partition coefficient (Wildman–Crippen LogP) is 1.18. The number of ether oxygens (including phenoxy) is 1. The van der Waals surface area contributed by atoms with Crippen molar-refractivity contribution in [3.05, 3.63) is 0 Å². The third-order valence-electron chi connectivity index (χ3n) is 1.93. The third-order valence-corrected chi connectivity index (χ3v) is 1.93. The van der Waals surface area contributed by atoms with Crippen molar-refractivity contribution in [1.29, 1.82) is 0 Å². The lowest BCUT2D eigenvalue weighted by atomic mass is 9.90. The van der Waals surface area contributed by atoms with E-state index in [1.54, 1.807) is 7.11 Å². The van der Waals surface area contributed by atoms with Crippen LogP contribution >= 0.6 is 0 Å². The van der Waals surface area contributed by atoms with Crippen molar-refractivity contribution < 1.29 is 9.53 Å². The first-order valence-electron chi connectivity index (χ1n) is 4.58. The number of nitrogens with zero attached hydrogens (tertiary/aromatic N) is 1. The number of hydrogen-bond donors (Lipinski definition) is 0. The largest absolute Gasteiger partial charge is 0.383 e. The zero-order valence-electron chi connectivity index (χ0n) is 9.39. The Morgan fingerprint density at radius 1 is 1.38 bits per heavy atom. The van der Waals surface area contributed by atoms with E-state index in [0.717, 1.165) is 6.54 Å². The van der Waals surface area contributed by atoms with Crippen molar-refractivity contribution in [3.8, 4) is 0 Å². The Balaban J connectivity index is 3.79. The van der Waals surface area contributed by atoms with Gasteiger partial charge in [-0.1, -0.05) is 20.8 Å². The Hall–Kier alpha value is -0.410. The molecule has 0 radical (unpaired) electrons.